The fourth-order valence-electron chi connectivity index (χ4n) is 2.70. The Kier molecular flexibility index (Phi) is 5.44. The van der Waals surface area contributed by atoms with Crippen molar-refractivity contribution in [2.75, 3.05) is 19.6 Å². The summed E-state index contributed by atoms with van der Waals surface area (Å²) < 4.78 is 5.30. The molecule has 0 saturated carbocycles. The second-order valence-electron chi connectivity index (χ2n) is 7.62. The Morgan fingerprint density at radius 1 is 1.45 bits per heavy atom. The summed E-state index contributed by atoms with van der Waals surface area (Å²) in [5.41, 5.74) is 5.77. The van der Waals surface area contributed by atoms with Crippen molar-refractivity contribution in [3.63, 3.8) is 0 Å². The highest BCUT2D eigenvalue weighted by Crippen LogP contribution is 2.30. The van der Waals surface area contributed by atoms with Crippen molar-refractivity contribution in [1.29, 1.82) is 0 Å². The van der Waals surface area contributed by atoms with E-state index >= 15 is 0 Å². The van der Waals surface area contributed by atoms with E-state index in [9.17, 15) is 4.79 Å². The van der Waals surface area contributed by atoms with Crippen molar-refractivity contribution in [1.82, 2.24) is 10.2 Å². The molecule has 0 aromatic carbocycles. The molecule has 1 amide bonds. The highest BCUT2D eigenvalue weighted by atomic mass is 16.6. The van der Waals surface area contributed by atoms with Gasteiger partial charge < -0.3 is 15.8 Å². The van der Waals surface area contributed by atoms with Crippen LogP contribution in [-0.4, -0.2) is 48.3 Å². The third-order valence-corrected chi connectivity index (χ3v) is 3.74. The molecule has 0 bridgehead atoms. The molecule has 118 valence electrons. The van der Waals surface area contributed by atoms with Crippen molar-refractivity contribution in [3.05, 3.63) is 0 Å². The van der Waals surface area contributed by atoms with E-state index in [0.29, 0.717) is 12.0 Å². The number of nitrogens with zero attached hydrogens (tertiary/aromatic N) is 1. The summed E-state index contributed by atoms with van der Waals surface area (Å²) in [6, 6.07) is 0.132. The van der Waals surface area contributed by atoms with E-state index in [2.05, 4.69) is 24.1 Å². The highest BCUT2D eigenvalue weighted by Gasteiger charge is 2.35. The fraction of sp³-hybridized carbons (Fsp3) is 0.933. The molecule has 0 aliphatic carbocycles. The van der Waals surface area contributed by atoms with Crippen LogP contribution in [0.25, 0.3) is 0 Å². The van der Waals surface area contributed by atoms with E-state index < -0.39 is 5.60 Å². The number of nitrogens with two attached hydrogens (primary N) is 1. The van der Waals surface area contributed by atoms with Crippen LogP contribution in [0.4, 0.5) is 4.79 Å². The Labute approximate surface area is 123 Å². The maximum atomic E-state index is 11.8. The minimum absolute atomic E-state index is 0.0243. The van der Waals surface area contributed by atoms with Crippen LogP contribution in [0.5, 0.6) is 0 Å². The first-order valence-corrected chi connectivity index (χ1v) is 7.48. The summed E-state index contributed by atoms with van der Waals surface area (Å²) in [5.74, 6) is 0. The van der Waals surface area contributed by atoms with Gasteiger partial charge in [0.1, 0.15) is 5.60 Å². The summed E-state index contributed by atoms with van der Waals surface area (Å²) >= 11 is 0. The van der Waals surface area contributed by atoms with Gasteiger partial charge in [0.2, 0.25) is 0 Å². The maximum Gasteiger partial charge on any atom is 0.407 e. The van der Waals surface area contributed by atoms with Crippen molar-refractivity contribution < 1.29 is 9.53 Å². The standard InChI is InChI=1S/C15H31N3O2/c1-11(17-13(19)20-14(2,3)4)12(9-16)18-8-7-15(5,6)10-18/h11-12H,7-10,16H2,1-6H3,(H,17,19). The number of carbonyl (C=O) groups is 1. The van der Waals surface area contributed by atoms with Gasteiger partial charge in [-0.15, -0.1) is 0 Å². The molecule has 0 aromatic rings. The van der Waals surface area contributed by atoms with E-state index in [1.165, 1.54) is 6.42 Å². The van der Waals surface area contributed by atoms with Gasteiger partial charge in [-0.3, -0.25) is 4.90 Å². The number of amides is 1. The third kappa shape index (κ3) is 5.29. The number of hydrogen-bond donors (Lipinski definition) is 2. The summed E-state index contributed by atoms with van der Waals surface area (Å²) in [6.07, 6.45) is 0.796. The molecule has 1 saturated heterocycles. The van der Waals surface area contributed by atoms with Gasteiger partial charge in [0.15, 0.2) is 0 Å². The summed E-state index contributed by atoms with van der Waals surface area (Å²) in [6.45, 7) is 14.7. The second-order valence-corrected chi connectivity index (χ2v) is 7.62. The number of carbonyl (C=O) groups excluding carboxylic acids is 1. The Morgan fingerprint density at radius 3 is 2.45 bits per heavy atom. The van der Waals surface area contributed by atoms with E-state index in [1.54, 1.807) is 0 Å². The number of nitrogens with one attached hydrogen (secondary N) is 1. The zero-order valence-electron chi connectivity index (χ0n) is 13.8. The number of alkyl carbamates (subject to hydrolysis) is 1. The van der Waals surface area contributed by atoms with Gasteiger partial charge in [-0.1, -0.05) is 13.8 Å². The number of rotatable bonds is 4. The van der Waals surface area contributed by atoms with Crippen LogP contribution in [-0.2, 0) is 4.74 Å². The Bertz CT molecular complexity index is 337. The lowest BCUT2D eigenvalue weighted by atomic mass is 9.93. The van der Waals surface area contributed by atoms with Gasteiger partial charge >= 0.3 is 6.09 Å². The van der Waals surface area contributed by atoms with Crippen molar-refractivity contribution in [3.8, 4) is 0 Å². The lowest BCUT2D eigenvalue weighted by molar-refractivity contribution is 0.0475. The molecule has 20 heavy (non-hydrogen) atoms. The monoisotopic (exact) mass is 285 g/mol. The molecule has 1 aliphatic heterocycles. The Morgan fingerprint density at radius 2 is 2.05 bits per heavy atom. The SMILES string of the molecule is CC(NC(=O)OC(C)(C)C)C(CN)N1CCC(C)(C)C1. The molecule has 1 rings (SSSR count). The van der Waals surface area contributed by atoms with Crippen LogP contribution in [0.1, 0.15) is 48.0 Å². The predicted molar refractivity (Wildman–Crippen MR) is 81.6 cm³/mol. The topological polar surface area (TPSA) is 67.6 Å². The molecule has 5 heteroatoms. The van der Waals surface area contributed by atoms with Gasteiger partial charge in [0, 0.05) is 25.2 Å². The summed E-state index contributed by atoms with van der Waals surface area (Å²) in [5, 5.41) is 2.91. The van der Waals surface area contributed by atoms with Crippen LogP contribution < -0.4 is 11.1 Å². The molecular weight excluding hydrogens is 254 g/mol. The van der Waals surface area contributed by atoms with Crippen molar-refractivity contribution in [2.45, 2.75) is 65.6 Å². The van der Waals surface area contributed by atoms with Crippen LogP contribution in [0.3, 0.4) is 0 Å². The van der Waals surface area contributed by atoms with E-state index in [-0.39, 0.29) is 18.2 Å². The van der Waals surface area contributed by atoms with Crippen LogP contribution in [0, 0.1) is 5.41 Å². The first kappa shape index (κ1) is 17.2. The molecule has 1 heterocycles. The van der Waals surface area contributed by atoms with Gasteiger partial charge in [-0.05, 0) is 46.1 Å². The van der Waals surface area contributed by atoms with Gasteiger partial charge in [-0.25, -0.2) is 4.79 Å². The maximum absolute atomic E-state index is 11.8. The van der Waals surface area contributed by atoms with E-state index in [4.69, 9.17) is 10.5 Å². The van der Waals surface area contributed by atoms with E-state index in [1.807, 2.05) is 27.7 Å². The Hall–Kier alpha value is -0.810. The van der Waals surface area contributed by atoms with Crippen LogP contribution in [0.2, 0.25) is 0 Å². The lowest BCUT2D eigenvalue weighted by Gasteiger charge is -2.33. The predicted octanol–water partition coefficient (Wildman–Crippen LogP) is 1.96. The van der Waals surface area contributed by atoms with Crippen LogP contribution in [0.15, 0.2) is 0 Å². The van der Waals surface area contributed by atoms with Gasteiger partial charge in [-0.2, -0.15) is 0 Å². The number of likely N-dealkylation sites (tertiary alicyclic amines) is 1. The average molecular weight is 285 g/mol. The van der Waals surface area contributed by atoms with E-state index in [0.717, 1.165) is 13.1 Å². The molecule has 2 atom stereocenters. The summed E-state index contributed by atoms with van der Waals surface area (Å²) in [7, 11) is 0. The largest absolute Gasteiger partial charge is 0.444 e. The molecule has 0 radical (unpaired) electrons. The third-order valence-electron chi connectivity index (χ3n) is 3.74. The highest BCUT2D eigenvalue weighted by molar-refractivity contribution is 5.68. The molecule has 5 nitrogen and oxygen atoms in total. The minimum Gasteiger partial charge on any atom is -0.444 e. The van der Waals surface area contributed by atoms with Gasteiger partial charge in [0.25, 0.3) is 0 Å². The molecular formula is C15H31N3O2. The molecule has 2 unspecified atom stereocenters. The molecule has 1 aliphatic rings. The quantitative estimate of drug-likeness (QED) is 0.828. The Balaban J connectivity index is 2.55. The lowest BCUT2D eigenvalue weighted by Crippen LogP contribution is -2.54. The smallest absolute Gasteiger partial charge is 0.407 e. The zero-order valence-corrected chi connectivity index (χ0v) is 13.8. The minimum atomic E-state index is -0.475. The molecule has 3 N–H and O–H groups in total. The molecule has 0 spiro atoms. The van der Waals surface area contributed by atoms with Crippen molar-refractivity contribution in [2.24, 2.45) is 11.1 Å². The fourth-order valence-corrected chi connectivity index (χ4v) is 2.70. The first-order chi connectivity index (χ1) is 9.04. The van der Waals surface area contributed by atoms with Crippen LogP contribution >= 0.6 is 0 Å². The molecule has 0 aromatic heterocycles. The van der Waals surface area contributed by atoms with Gasteiger partial charge in [0.05, 0.1) is 0 Å². The number of hydrogen-bond acceptors (Lipinski definition) is 4. The normalized spacial score (nSPS) is 22.4. The first-order valence-electron chi connectivity index (χ1n) is 7.48. The number of ether oxygens (including phenoxy) is 1. The zero-order chi connectivity index (χ0) is 15.6. The van der Waals surface area contributed by atoms with Crippen molar-refractivity contribution >= 4 is 6.09 Å². The summed E-state index contributed by atoms with van der Waals surface area (Å²) in [4.78, 5) is 14.2. The average Bonchev–Trinajstić information content (AvgIpc) is 2.56. The molecule has 1 fully saturated rings. The second kappa shape index (κ2) is 6.31.